The van der Waals surface area contributed by atoms with Crippen molar-refractivity contribution < 1.29 is 35.9 Å². The van der Waals surface area contributed by atoms with E-state index in [0.717, 1.165) is 27.3 Å². The first kappa shape index (κ1) is 40.3. The molecule has 56 heavy (non-hydrogen) atoms. The molecule has 4 aromatic carbocycles. The minimum absolute atomic E-state index is 0.0151. The molecule has 2 aromatic heterocycles. The number of methoxy groups -OCH3 is 1. The topological polar surface area (TPSA) is 138 Å². The fourth-order valence-electron chi connectivity index (χ4n) is 6.25. The normalized spacial score (nSPS) is 12.6. The number of nitrogens with one attached hydrogen (secondary N) is 1. The predicted octanol–water partition coefficient (Wildman–Crippen LogP) is 7.78. The summed E-state index contributed by atoms with van der Waals surface area (Å²) in [5.41, 5.74) is -1.38. The summed E-state index contributed by atoms with van der Waals surface area (Å²) < 4.78 is 85.7. The van der Waals surface area contributed by atoms with Crippen molar-refractivity contribution >= 4 is 66.9 Å². The second-order valence-electron chi connectivity index (χ2n) is 13.9. The van der Waals surface area contributed by atoms with Crippen LogP contribution in [0.15, 0.2) is 71.5 Å². The van der Waals surface area contributed by atoms with E-state index in [0.29, 0.717) is 17.4 Å². The van der Waals surface area contributed by atoms with Gasteiger partial charge in [0.25, 0.3) is 5.56 Å². The molecule has 0 fully saturated rings. The summed E-state index contributed by atoms with van der Waals surface area (Å²) in [4.78, 5) is 32.7. The lowest BCUT2D eigenvalue weighted by Crippen LogP contribution is -2.39. The van der Waals surface area contributed by atoms with Gasteiger partial charge < -0.3 is 14.8 Å². The molecule has 0 saturated carbocycles. The average molecular weight is 832 g/mol. The van der Waals surface area contributed by atoms with Gasteiger partial charge in [-0.3, -0.25) is 14.0 Å². The van der Waals surface area contributed by atoms with Crippen LogP contribution >= 0.6 is 23.2 Å². The number of carbonyl (C=O) groups excluding carboxylic acids is 1. The van der Waals surface area contributed by atoms with Gasteiger partial charge in [0.1, 0.15) is 34.2 Å². The molecular formula is C38H35Cl2F3N6O6S. The van der Waals surface area contributed by atoms with Gasteiger partial charge in [-0.25, -0.2) is 35.7 Å². The minimum atomic E-state index is -4.04. The first-order chi connectivity index (χ1) is 26.2. The number of hydrogen-bond donors (Lipinski definition) is 1. The van der Waals surface area contributed by atoms with Crippen LogP contribution in [0.25, 0.3) is 27.5 Å². The predicted molar refractivity (Wildman–Crippen MR) is 208 cm³/mol. The van der Waals surface area contributed by atoms with Gasteiger partial charge in [0.15, 0.2) is 11.6 Å². The van der Waals surface area contributed by atoms with E-state index < -0.39 is 56.2 Å². The molecule has 0 aliphatic carbocycles. The fraction of sp³-hybridized carbons (Fsp3) is 0.263. The number of carbonyl (C=O) groups is 1. The van der Waals surface area contributed by atoms with Crippen molar-refractivity contribution in [3.63, 3.8) is 0 Å². The maximum Gasteiger partial charge on any atom is 0.408 e. The van der Waals surface area contributed by atoms with Crippen LogP contribution in [0.1, 0.15) is 43.8 Å². The summed E-state index contributed by atoms with van der Waals surface area (Å²) in [6.45, 7) is 4.70. The Morgan fingerprint density at radius 2 is 1.59 bits per heavy atom. The minimum Gasteiger partial charge on any atom is -0.497 e. The largest absolute Gasteiger partial charge is 0.497 e. The number of nitrogens with zero attached hydrogens (tertiary/aromatic N) is 5. The van der Waals surface area contributed by atoms with Crippen LogP contribution in [0.4, 0.5) is 23.8 Å². The highest BCUT2D eigenvalue weighted by Crippen LogP contribution is 2.38. The molecule has 294 valence electrons. The Labute approximate surface area is 329 Å². The van der Waals surface area contributed by atoms with Gasteiger partial charge in [0.05, 0.1) is 58.1 Å². The standard InChI is InChI=1S/C38H35Cl2F3N6O6S/c1-38(2,3)55-37(51)45-28(17-21-15-22(41)18-23(42)16-21)34-44-27-13-11-26(40)32(43)31(27)36(50)49(34)29-14-12-25(39)30-33(29)47(4)46-35(30)48(56(6,52)53)19-20-7-9-24(54-5)10-8-20/h7-16,18,28H,17,19H2,1-6H3,(H,45,51)/t28-/m0/s1. The number of benzene rings is 4. The number of amides is 1. The zero-order chi connectivity index (χ0) is 40.9. The van der Waals surface area contributed by atoms with E-state index in [4.69, 9.17) is 32.7 Å². The highest BCUT2D eigenvalue weighted by Gasteiger charge is 2.31. The van der Waals surface area contributed by atoms with E-state index in [1.807, 2.05) is 0 Å². The number of alkyl carbamates (subject to hydrolysis) is 1. The van der Waals surface area contributed by atoms with Crippen LogP contribution in [0, 0.1) is 17.5 Å². The Bertz CT molecular complexity index is 2660. The van der Waals surface area contributed by atoms with Crippen molar-refractivity contribution in [2.75, 3.05) is 17.7 Å². The second-order valence-corrected chi connectivity index (χ2v) is 16.6. The number of anilines is 1. The quantitative estimate of drug-likeness (QED) is 0.148. The Morgan fingerprint density at radius 1 is 0.946 bits per heavy atom. The summed E-state index contributed by atoms with van der Waals surface area (Å²) >= 11 is 12.9. The number of aromatic nitrogens is 4. The molecule has 1 N–H and O–H groups in total. The van der Waals surface area contributed by atoms with Crippen molar-refractivity contribution in [2.24, 2.45) is 7.05 Å². The molecule has 0 spiro atoms. The monoisotopic (exact) mass is 830 g/mol. The van der Waals surface area contributed by atoms with E-state index >= 15 is 4.39 Å². The first-order valence-electron chi connectivity index (χ1n) is 16.9. The smallest absolute Gasteiger partial charge is 0.408 e. The van der Waals surface area contributed by atoms with Crippen LogP contribution in [0.2, 0.25) is 10.0 Å². The molecule has 0 bridgehead atoms. The van der Waals surface area contributed by atoms with Gasteiger partial charge in [-0.1, -0.05) is 35.3 Å². The van der Waals surface area contributed by atoms with E-state index in [9.17, 15) is 26.8 Å². The second kappa shape index (κ2) is 15.3. The highest BCUT2D eigenvalue weighted by molar-refractivity contribution is 7.92. The lowest BCUT2D eigenvalue weighted by Gasteiger charge is -2.26. The lowest BCUT2D eigenvalue weighted by molar-refractivity contribution is 0.0500. The molecule has 2 heterocycles. The van der Waals surface area contributed by atoms with Crippen LogP contribution in [0.5, 0.6) is 5.75 Å². The number of fused-ring (bicyclic) bond motifs is 2. The van der Waals surface area contributed by atoms with Crippen molar-refractivity contribution in [1.82, 2.24) is 24.6 Å². The average Bonchev–Trinajstić information content (AvgIpc) is 3.44. The molecule has 0 aliphatic rings. The third-order valence-electron chi connectivity index (χ3n) is 8.58. The van der Waals surface area contributed by atoms with Gasteiger partial charge in [-0.15, -0.1) is 0 Å². The molecule has 18 heteroatoms. The Morgan fingerprint density at radius 3 is 2.20 bits per heavy atom. The van der Waals surface area contributed by atoms with Crippen LogP contribution in [-0.4, -0.2) is 52.8 Å². The highest BCUT2D eigenvalue weighted by atomic mass is 35.5. The maximum atomic E-state index is 15.8. The van der Waals surface area contributed by atoms with Crippen molar-refractivity contribution in [3.8, 4) is 11.4 Å². The third-order valence-corrected chi connectivity index (χ3v) is 10.3. The van der Waals surface area contributed by atoms with Gasteiger partial charge in [0, 0.05) is 19.5 Å². The summed E-state index contributed by atoms with van der Waals surface area (Å²) in [7, 11) is -1.06. The van der Waals surface area contributed by atoms with E-state index in [1.165, 1.54) is 43.1 Å². The maximum absolute atomic E-state index is 15.8. The summed E-state index contributed by atoms with van der Waals surface area (Å²) in [5, 5.41) is 6.48. The van der Waals surface area contributed by atoms with Crippen LogP contribution in [0.3, 0.4) is 0 Å². The van der Waals surface area contributed by atoms with Crippen molar-refractivity contribution in [2.45, 2.75) is 45.4 Å². The molecule has 0 aliphatic heterocycles. The summed E-state index contributed by atoms with van der Waals surface area (Å²) in [6, 6.07) is 13.4. The van der Waals surface area contributed by atoms with Gasteiger partial charge >= 0.3 is 6.09 Å². The van der Waals surface area contributed by atoms with Gasteiger partial charge in [-0.05, 0) is 80.4 Å². The molecule has 1 amide bonds. The Balaban J connectivity index is 1.65. The van der Waals surface area contributed by atoms with Crippen LogP contribution < -0.4 is 19.9 Å². The summed E-state index contributed by atoms with van der Waals surface area (Å²) in [5.74, 6) is -2.63. The van der Waals surface area contributed by atoms with E-state index in [-0.39, 0.29) is 62.3 Å². The van der Waals surface area contributed by atoms with Crippen molar-refractivity contribution in [1.29, 1.82) is 0 Å². The van der Waals surface area contributed by atoms with Crippen molar-refractivity contribution in [3.05, 3.63) is 122 Å². The molecule has 0 unspecified atom stereocenters. The molecule has 12 nitrogen and oxygen atoms in total. The van der Waals surface area contributed by atoms with Gasteiger partial charge in [-0.2, -0.15) is 5.10 Å². The number of hydrogen-bond acceptors (Lipinski definition) is 8. The zero-order valence-corrected chi connectivity index (χ0v) is 33.2. The van der Waals surface area contributed by atoms with Crippen LogP contribution in [-0.2, 0) is 34.8 Å². The molecular weight excluding hydrogens is 796 g/mol. The Kier molecular flexibility index (Phi) is 11.0. The molecule has 0 saturated heterocycles. The number of halogens is 5. The molecule has 6 rings (SSSR count). The Hall–Kier alpha value is -5.32. The van der Waals surface area contributed by atoms with Gasteiger partial charge in [0.2, 0.25) is 10.0 Å². The summed E-state index contributed by atoms with van der Waals surface area (Å²) in [6.07, 6.45) is -0.299. The number of ether oxygens (including phenoxy) is 2. The number of rotatable bonds is 10. The van der Waals surface area contributed by atoms with E-state index in [2.05, 4.69) is 15.4 Å². The third kappa shape index (κ3) is 8.27. The fourth-order valence-corrected chi connectivity index (χ4v) is 7.47. The lowest BCUT2D eigenvalue weighted by atomic mass is 10.0. The molecule has 6 aromatic rings. The number of sulfonamides is 1. The molecule has 0 radical (unpaired) electrons. The SMILES string of the molecule is COc1ccc(CN(c2nn(C)c3c(-n4c([C@H](Cc5cc(F)cc(F)c5)NC(=O)OC(C)(C)C)nc5ccc(Cl)c(F)c5c4=O)ccc(Cl)c23)S(C)(=O)=O)cc1. The first-order valence-corrected chi connectivity index (χ1v) is 19.5. The zero-order valence-electron chi connectivity index (χ0n) is 30.8. The van der Waals surface area contributed by atoms with E-state index in [1.54, 1.807) is 45.0 Å². The molecule has 1 atom stereocenters. The number of aryl methyl sites for hydroxylation is 1.